The molecule has 112 valence electrons. The molecule has 0 aliphatic rings. The Morgan fingerprint density at radius 1 is 1.14 bits per heavy atom. The van der Waals surface area contributed by atoms with Gasteiger partial charge in [-0.05, 0) is 35.9 Å². The second kappa shape index (κ2) is 7.03. The van der Waals surface area contributed by atoms with E-state index in [9.17, 15) is 0 Å². The zero-order chi connectivity index (χ0) is 15.4. The second-order valence-electron chi connectivity index (χ2n) is 4.70. The molecule has 2 rings (SSSR count). The fourth-order valence-corrected chi connectivity index (χ4v) is 2.70. The molecule has 0 spiro atoms. The van der Waals surface area contributed by atoms with Crippen LogP contribution in [0.15, 0.2) is 42.5 Å². The highest BCUT2D eigenvalue weighted by Crippen LogP contribution is 2.34. The molecule has 0 aromatic heterocycles. The van der Waals surface area contributed by atoms with E-state index in [1.807, 2.05) is 43.4 Å². The monoisotopic (exact) mass is 324 g/mol. The van der Waals surface area contributed by atoms with E-state index in [0.29, 0.717) is 16.6 Å². The van der Waals surface area contributed by atoms with Crippen molar-refractivity contribution in [2.75, 3.05) is 25.6 Å². The van der Waals surface area contributed by atoms with E-state index in [1.54, 1.807) is 13.2 Å². The van der Waals surface area contributed by atoms with Crippen LogP contribution < -0.4 is 15.4 Å². The van der Waals surface area contributed by atoms with E-state index in [-0.39, 0.29) is 6.04 Å². The van der Waals surface area contributed by atoms with Crippen molar-refractivity contribution in [2.24, 2.45) is 5.73 Å². The summed E-state index contributed by atoms with van der Waals surface area (Å²) in [5.41, 5.74) is 7.90. The fourth-order valence-electron chi connectivity index (χ4n) is 2.27. The Morgan fingerprint density at radius 3 is 2.38 bits per heavy atom. The van der Waals surface area contributed by atoms with E-state index in [0.717, 1.165) is 17.0 Å². The number of rotatable bonds is 5. The zero-order valence-corrected chi connectivity index (χ0v) is 13.5. The van der Waals surface area contributed by atoms with Crippen molar-refractivity contribution in [3.63, 3.8) is 0 Å². The fraction of sp³-hybridized carbons (Fsp3) is 0.250. The summed E-state index contributed by atoms with van der Waals surface area (Å²) in [6.45, 7) is 0.433. The number of ether oxygens (including phenoxy) is 1. The number of hydrogen-bond acceptors (Lipinski definition) is 3. The normalized spacial score (nSPS) is 12.0. The van der Waals surface area contributed by atoms with Crippen LogP contribution in [0.4, 0.5) is 5.69 Å². The van der Waals surface area contributed by atoms with E-state index in [4.69, 9.17) is 33.7 Å². The summed E-state index contributed by atoms with van der Waals surface area (Å²) < 4.78 is 5.17. The van der Waals surface area contributed by atoms with Crippen molar-refractivity contribution in [3.8, 4) is 5.75 Å². The van der Waals surface area contributed by atoms with Crippen LogP contribution in [0, 0.1) is 0 Å². The molecule has 0 saturated heterocycles. The predicted octanol–water partition coefficient (Wildman–Crippen LogP) is 4.14. The van der Waals surface area contributed by atoms with Crippen LogP contribution in [0.2, 0.25) is 10.0 Å². The molecule has 2 aromatic carbocycles. The van der Waals surface area contributed by atoms with Crippen LogP contribution in [-0.2, 0) is 0 Å². The maximum Gasteiger partial charge on any atom is 0.119 e. The molecule has 1 atom stereocenters. The van der Waals surface area contributed by atoms with Gasteiger partial charge in [-0.25, -0.2) is 0 Å². The molecule has 1 unspecified atom stereocenters. The molecule has 0 heterocycles. The molecule has 0 bridgehead atoms. The lowest BCUT2D eigenvalue weighted by atomic mass is 10.0. The SMILES string of the molecule is COc1ccc(N(C)C(CN)c2cccc(Cl)c2Cl)cc1. The van der Waals surface area contributed by atoms with Gasteiger partial charge in [-0.3, -0.25) is 0 Å². The Labute approximate surface area is 135 Å². The van der Waals surface area contributed by atoms with Crippen LogP contribution in [-0.4, -0.2) is 20.7 Å². The lowest BCUT2D eigenvalue weighted by Crippen LogP contribution is -2.30. The number of anilines is 1. The van der Waals surface area contributed by atoms with Gasteiger partial charge in [-0.15, -0.1) is 0 Å². The van der Waals surface area contributed by atoms with Gasteiger partial charge in [-0.1, -0.05) is 35.3 Å². The Morgan fingerprint density at radius 2 is 1.81 bits per heavy atom. The van der Waals surface area contributed by atoms with Gasteiger partial charge in [0.15, 0.2) is 0 Å². The predicted molar refractivity (Wildman–Crippen MR) is 89.7 cm³/mol. The maximum atomic E-state index is 6.31. The highest BCUT2D eigenvalue weighted by atomic mass is 35.5. The first-order valence-corrected chi connectivity index (χ1v) is 7.35. The standard InChI is InChI=1S/C16H18Cl2N2O/c1-20(11-6-8-12(21-2)9-7-11)15(10-19)13-4-3-5-14(17)16(13)18/h3-9,15H,10,19H2,1-2H3. The largest absolute Gasteiger partial charge is 0.497 e. The highest BCUT2D eigenvalue weighted by Gasteiger charge is 2.19. The van der Waals surface area contributed by atoms with Crippen molar-refractivity contribution >= 4 is 28.9 Å². The van der Waals surface area contributed by atoms with Gasteiger partial charge in [0.1, 0.15) is 5.75 Å². The van der Waals surface area contributed by atoms with Gasteiger partial charge >= 0.3 is 0 Å². The van der Waals surface area contributed by atoms with Crippen molar-refractivity contribution < 1.29 is 4.74 Å². The molecule has 0 saturated carbocycles. The van der Waals surface area contributed by atoms with Crippen LogP contribution in [0.1, 0.15) is 11.6 Å². The summed E-state index contributed by atoms with van der Waals surface area (Å²) in [6.07, 6.45) is 0. The molecule has 3 nitrogen and oxygen atoms in total. The molecule has 0 amide bonds. The van der Waals surface area contributed by atoms with Gasteiger partial charge in [0.05, 0.1) is 23.2 Å². The highest BCUT2D eigenvalue weighted by molar-refractivity contribution is 6.42. The lowest BCUT2D eigenvalue weighted by molar-refractivity contribution is 0.415. The number of benzene rings is 2. The Hall–Kier alpha value is -1.42. The minimum Gasteiger partial charge on any atom is -0.497 e. The molecule has 0 fully saturated rings. The summed E-state index contributed by atoms with van der Waals surface area (Å²) in [6, 6.07) is 13.4. The van der Waals surface area contributed by atoms with E-state index in [1.165, 1.54) is 0 Å². The minimum atomic E-state index is -0.0513. The third kappa shape index (κ3) is 3.43. The first-order chi connectivity index (χ1) is 10.1. The van der Waals surface area contributed by atoms with E-state index in [2.05, 4.69) is 4.90 Å². The quantitative estimate of drug-likeness (QED) is 0.898. The number of hydrogen-bond donors (Lipinski definition) is 1. The molecule has 0 aliphatic heterocycles. The Bertz CT molecular complexity index is 602. The molecule has 2 N–H and O–H groups in total. The first kappa shape index (κ1) is 16.0. The number of methoxy groups -OCH3 is 1. The Kier molecular flexibility index (Phi) is 5.34. The first-order valence-electron chi connectivity index (χ1n) is 6.59. The third-order valence-electron chi connectivity index (χ3n) is 3.51. The van der Waals surface area contributed by atoms with Crippen molar-refractivity contribution in [1.29, 1.82) is 0 Å². The molecule has 2 aromatic rings. The summed E-state index contributed by atoms with van der Waals surface area (Å²) in [5.74, 6) is 0.817. The number of nitrogens with zero attached hydrogens (tertiary/aromatic N) is 1. The van der Waals surface area contributed by atoms with Crippen LogP contribution >= 0.6 is 23.2 Å². The molecule has 0 aliphatic carbocycles. The zero-order valence-electron chi connectivity index (χ0n) is 12.0. The van der Waals surface area contributed by atoms with E-state index < -0.39 is 0 Å². The molecule has 21 heavy (non-hydrogen) atoms. The maximum absolute atomic E-state index is 6.31. The van der Waals surface area contributed by atoms with Gasteiger partial charge in [0, 0.05) is 19.3 Å². The van der Waals surface area contributed by atoms with Gasteiger partial charge < -0.3 is 15.4 Å². The van der Waals surface area contributed by atoms with Crippen LogP contribution in [0.25, 0.3) is 0 Å². The molecule has 0 radical (unpaired) electrons. The minimum absolute atomic E-state index is 0.0513. The molecular weight excluding hydrogens is 307 g/mol. The summed E-state index contributed by atoms with van der Waals surface area (Å²) >= 11 is 12.4. The number of halogens is 2. The Balaban J connectivity index is 2.33. The van der Waals surface area contributed by atoms with Gasteiger partial charge in [0.2, 0.25) is 0 Å². The lowest BCUT2D eigenvalue weighted by Gasteiger charge is -2.30. The topological polar surface area (TPSA) is 38.5 Å². The van der Waals surface area contributed by atoms with Gasteiger partial charge in [0.25, 0.3) is 0 Å². The number of likely N-dealkylation sites (N-methyl/N-ethyl adjacent to an activating group) is 1. The van der Waals surface area contributed by atoms with Gasteiger partial charge in [-0.2, -0.15) is 0 Å². The summed E-state index contributed by atoms with van der Waals surface area (Å²) in [7, 11) is 3.63. The van der Waals surface area contributed by atoms with Crippen molar-refractivity contribution in [2.45, 2.75) is 6.04 Å². The van der Waals surface area contributed by atoms with Crippen LogP contribution in [0.5, 0.6) is 5.75 Å². The average Bonchev–Trinajstić information content (AvgIpc) is 2.52. The van der Waals surface area contributed by atoms with E-state index >= 15 is 0 Å². The smallest absolute Gasteiger partial charge is 0.119 e. The third-order valence-corrected chi connectivity index (χ3v) is 4.34. The van der Waals surface area contributed by atoms with Crippen molar-refractivity contribution in [1.82, 2.24) is 0 Å². The van der Waals surface area contributed by atoms with Crippen LogP contribution in [0.3, 0.4) is 0 Å². The second-order valence-corrected chi connectivity index (χ2v) is 5.49. The molecule has 5 heteroatoms. The molecular formula is C16H18Cl2N2O. The number of nitrogens with two attached hydrogens (primary N) is 1. The van der Waals surface area contributed by atoms with Crippen molar-refractivity contribution in [3.05, 3.63) is 58.1 Å². The summed E-state index contributed by atoms with van der Waals surface area (Å²) in [4.78, 5) is 2.08. The summed E-state index contributed by atoms with van der Waals surface area (Å²) in [5, 5.41) is 1.09. The average molecular weight is 325 g/mol.